The van der Waals surface area contributed by atoms with Crippen molar-refractivity contribution in [3.05, 3.63) is 47.5 Å². The fraction of sp³-hybridized carbons (Fsp3) is 0.154. The maximum absolute atomic E-state index is 13.1. The fourth-order valence-electron chi connectivity index (χ4n) is 1.63. The van der Waals surface area contributed by atoms with Crippen LogP contribution in [0.5, 0.6) is 0 Å². The van der Waals surface area contributed by atoms with Crippen molar-refractivity contribution >= 4 is 5.97 Å². The molecule has 0 fully saturated rings. The Morgan fingerprint density at radius 2 is 2.22 bits per heavy atom. The lowest BCUT2D eigenvalue weighted by Gasteiger charge is -2.05. The molecule has 5 heteroatoms. The van der Waals surface area contributed by atoms with Gasteiger partial charge in [0.25, 0.3) is 0 Å². The lowest BCUT2D eigenvalue weighted by molar-refractivity contribution is 0.0694. The van der Waals surface area contributed by atoms with Gasteiger partial charge in [-0.25, -0.2) is 19.2 Å². The number of carbonyl (C=O) groups is 1. The monoisotopic (exact) mass is 246 g/mol. The average molecular weight is 246 g/mol. The van der Waals surface area contributed by atoms with Gasteiger partial charge in [0.1, 0.15) is 5.82 Å². The maximum atomic E-state index is 13.1. The van der Waals surface area contributed by atoms with Crippen LogP contribution in [-0.2, 0) is 6.42 Å². The van der Waals surface area contributed by atoms with Crippen LogP contribution in [0.1, 0.15) is 23.0 Å². The van der Waals surface area contributed by atoms with Gasteiger partial charge in [0.15, 0.2) is 5.82 Å². The molecule has 4 nitrogen and oxygen atoms in total. The largest absolute Gasteiger partial charge is 0.478 e. The molecule has 2 aromatic rings. The number of benzene rings is 1. The summed E-state index contributed by atoms with van der Waals surface area (Å²) in [6, 6.07) is 5.88. The van der Waals surface area contributed by atoms with E-state index in [0.717, 1.165) is 0 Å². The second-order valence-corrected chi connectivity index (χ2v) is 3.72. The van der Waals surface area contributed by atoms with E-state index in [1.807, 2.05) is 6.92 Å². The van der Waals surface area contributed by atoms with E-state index in [-0.39, 0.29) is 11.4 Å². The van der Waals surface area contributed by atoms with Crippen molar-refractivity contribution < 1.29 is 14.3 Å². The van der Waals surface area contributed by atoms with Crippen LogP contribution >= 0.6 is 0 Å². The zero-order valence-electron chi connectivity index (χ0n) is 9.72. The van der Waals surface area contributed by atoms with Gasteiger partial charge in [0.05, 0.1) is 11.3 Å². The summed E-state index contributed by atoms with van der Waals surface area (Å²) in [4.78, 5) is 19.1. The van der Waals surface area contributed by atoms with Crippen molar-refractivity contribution in [2.75, 3.05) is 0 Å². The Bertz CT molecular complexity index is 599. The molecule has 0 radical (unpaired) electrons. The summed E-state index contributed by atoms with van der Waals surface area (Å²) >= 11 is 0. The van der Waals surface area contributed by atoms with E-state index < -0.39 is 5.97 Å². The summed E-state index contributed by atoms with van der Waals surface area (Å²) < 4.78 is 13.1. The van der Waals surface area contributed by atoms with Crippen LogP contribution in [-0.4, -0.2) is 21.0 Å². The number of aromatic nitrogens is 2. The third kappa shape index (κ3) is 2.34. The van der Waals surface area contributed by atoms with E-state index in [1.165, 1.54) is 18.3 Å². The summed E-state index contributed by atoms with van der Waals surface area (Å²) in [6.45, 7) is 1.81. The van der Waals surface area contributed by atoms with Crippen LogP contribution in [0.4, 0.5) is 4.39 Å². The molecule has 0 aliphatic heterocycles. The highest BCUT2D eigenvalue weighted by Gasteiger charge is 2.13. The van der Waals surface area contributed by atoms with Crippen molar-refractivity contribution in [3.63, 3.8) is 0 Å². The highest BCUT2D eigenvalue weighted by molar-refractivity contribution is 5.88. The molecule has 1 aromatic heterocycles. The number of aromatic carboxylic acids is 1. The van der Waals surface area contributed by atoms with Gasteiger partial charge in [-0.1, -0.05) is 19.1 Å². The van der Waals surface area contributed by atoms with E-state index in [0.29, 0.717) is 23.5 Å². The highest BCUT2D eigenvalue weighted by Crippen LogP contribution is 2.17. The van der Waals surface area contributed by atoms with Crippen molar-refractivity contribution in [3.8, 4) is 11.4 Å². The maximum Gasteiger partial charge on any atom is 0.339 e. The summed E-state index contributed by atoms with van der Waals surface area (Å²) in [5.74, 6) is -1.11. The molecule has 0 saturated heterocycles. The highest BCUT2D eigenvalue weighted by atomic mass is 19.1. The molecule has 0 unspecified atom stereocenters. The minimum absolute atomic E-state index is 0.0812. The molecule has 0 saturated carbocycles. The zero-order valence-corrected chi connectivity index (χ0v) is 9.72. The molecule has 0 spiro atoms. The predicted molar refractivity (Wildman–Crippen MR) is 63.8 cm³/mol. The van der Waals surface area contributed by atoms with Crippen molar-refractivity contribution in [1.29, 1.82) is 0 Å². The van der Waals surface area contributed by atoms with Gasteiger partial charge in [0.2, 0.25) is 0 Å². The smallest absolute Gasteiger partial charge is 0.339 e. The van der Waals surface area contributed by atoms with E-state index in [2.05, 4.69) is 9.97 Å². The minimum Gasteiger partial charge on any atom is -0.478 e. The van der Waals surface area contributed by atoms with Crippen LogP contribution in [0, 0.1) is 5.82 Å². The van der Waals surface area contributed by atoms with Gasteiger partial charge in [-0.2, -0.15) is 0 Å². The van der Waals surface area contributed by atoms with Crippen molar-refractivity contribution in [2.45, 2.75) is 13.3 Å². The fourth-order valence-corrected chi connectivity index (χ4v) is 1.63. The quantitative estimate of drug-likeness (QED) is 0.903. The number of halogens is 1. The van der Waals surface area contributed by atoms with Gasteiger partial charge < -0.3 is 5.11 Å². The number of aryl methyl sites for hydroxylation is 1. The molecule has 0 aliphatic carbocycles. The molecule has 1 heterocycles. The first kappa shape index (κ1) is 12.2. The Kier molecular flexibility index (Phi) is 3.32. The molecular weight excluding hydrogens is 235 g/mol. The van der Waals surface area contributed by atoms with E-state index in [4.69, 9.17) is 5.11 Å². The Morgan fingerprint density at radius 3 is 2.83 bits per heavy atom. The van der Waals surface area contributed by atoms with E-state index in [9.17, 15) is 9.18 Å². The van der Waals surface area contributed by atoms with Crippen LogP contribution in [0.3, 0.4) is 0 Å². The second-order valence-electron chi connectivity index (χ2n) is 3.72. The minimum atomic E-state index is -1.06. The van der Waals surface area contributed by atoms with Crippen LogP contribution in [0.25, 0.3) is 11.4 Å². The normalized spacial score (nSPS) is 10.3. The SMILES string of the molecule is CCc1nc(-c2cccc(F)c2)ncc1C(=O)O. The topological polar surface area (TPSA) is 63.1 Å². The third-order valence-corrected chi connectivity index (χ3v) is 2.52. The van der Waals surface area contributed by atoms with Gasteiger partial charge in [-0.05, 0) is 18.6 Å². The lowest BCUT2D eigenvalue weighted by atomic mass is 10.1. The summed E-state index contributed by atoms with van der Waals surface area (Å²) in [5.41, 5.74) is 1.05. The molecule has 0 amide bonds. The van der Waals surface area contributed by atoms with Gasteiger partial charge in [-0.3, -0.25) is 0 Å². The Labute approximate surface area is 103 Å². The molecule has 2 rings (SSSR count). The number of nitrogens with zero attached hydrogens (tertiary/aromatic N) is 2. The first-order chi connectivity index (χ1) is 8.61. The van der Waals surface area contributed by atoms with Gasteiger partial charge in [0, 0.05) is 11.8 Å². The van der Waals surface area contributed by atoms with Crippen molar-refractivity contribution in [2.24, 2.45) is 0 Å². The molecule has 0 atom stereocenters. The summed E-state index contributed by atoms with van der Waals surface area (Å²) in [7, 11) is 0. The number of rotatable bonds is 3. The van der Waals surface area contributed by atoms with E-state index >= 15 is 0 Å². The van der Waals surface area contributed by atoms with Crippen LogP contribution in [0.2, 0.25) is 0 Å². The van der Waals surface area contributed by atoms with Crippen molar-refractivity contribution in [1.82, 2.24) is 9.97 Å². The van der Waals surface area contributed by atoms with Gasteiger partial charge >= 0.3 is 5.97 Å². The average Bonchev–Trinajstić information content (AvgIpc) is 2.37. The summed E-state index contributed by atoms with van der Waals surface area (Å²) in [5, 5.41) is 8.96. The van der Waals surface area contributed by atoms with Crippen LogP contribution in [0.15, 0.2) is 30.5 Å². The standard InChI is InChI=1S/C13H11FN2O2/c1-2-11-10(13(17)18)7-15-12(16-11)8-4-3-5-9(14)6-8/h3-7H,2H2,1H3,(H,17,18). The first-order valence-corrected chi connectivity index (χ1v) is 5.47. The van der Waals surface area contributed by atoms with Crippen LogP contribution < -0.4 is 0 Å². The number of hydrogen-bond acceptors (Lipinski definition) is 3. The first-order valence-electron chi connectivity index (χ1n) is 5.47. The number of carboxylic acids is 1. The molecule has 92 valence electrons. The number of hydrogen-bond donors (Lipinski definition) is 1. The molecule has 18 heavy (non-hydrogen) atoms. The zero-order chi connectivity index (χ0) is 13.1. The Hall–Kier alpha value is -2.30. The van der Waals surface area contributed by atoms with Gasteiger partial charge in [-0.15, -0.1) is 0 Å². The Balaban J connectivity index is 2.51. The molecule has 0 bridgehead atoms. The molecule has 1 aromatic carbocycles. The summed E-state index contributed by atoms with van der Waals surface area (Å²) in [6.07, 6.45) is 1.74. The molecule has 0 aliphatic rings. The molecule has 1 N–H and O–H groups in total. The second kappa shape index (κ2) is 4.91. The van der Waals surface area contributed by atoms with E-state index in [1.54, 1.807) is 12.1 Å². The lowest BCUT2D eigenvalue weighted by Crippen LogP contribution is -2.06. The predicted octanol–water partition coefficient (Wildman–Crippen LogP) is 2.54. The molecular formula is C13H11FN2O2. The number of carboxylic acid groups (broad SMARTS) is 1. The third-order valence-electron chi connectivity index (χ3n) is 2.52. The Morgan fingerprint density at radius 1 is 1.44 bits per heavy atom.